The molecule has 1 saturated heterocycles. The average molecular weight is 136 g/mol. The zero-order valence-electron chi connectivity index (χ0n) is 6.01. The van der Waals surface area contributed by atoms with Gasteiger partial charge in [-0.25, -0.2) is 0 Å². The normalized spacial score (nSPS) is 21.1. The molecule has 54 valence electrons. The summed E-state index contributed by atoms with van der Waals surface area (Å²) in [7, 11) is 0. The third-order valence-electron chi connectivity index (χ3n) is 1.83. The van der Waals surface area contributed by atoms with Gasteiger partial charge in [0.1, 0.15) is 0 Å². The molecule has 0 amide bonds. The number of nitrogens with one attached hydrogen (secondary N) is 1. The highest BCUT2D eigenvalue weighted by Crippen LogP contribution is 2.11. The Morgan fingerprint density at radius 3 is 2.70 bits per heavy atom. The minimum atomic E-state index is 0.640. The SMILES string of the molecule is N#C/C=C/C1CCNCC1. The number of rotatable bonds is 1. The first-order valence-electron chi connectivity index (χ1n) is 3.70. The zero-order chi connectivity index (χ0) is 7.23. The van der Waals surface area contributed by atoms with Gasteiger partial charge >= 0.3 is 0 Å². The predicted molar refractivity (Wildman–Crippen MR) is 40.3 cm³/mol. The fraction of sp³-hybridized carbons (Fsp3) is 0.625. The van der Waals surface area contributed by atoms with E-state index in [1.165, 1.54) is 12.8 Å². The van der Waals surface area contributed by atoms with Crippen molar-refractivity contribution in [3.8, 4) is 6.07 Å². The zero-order valence-corrected chi connectivity index (χ0v) is 6.01. The third kappa shape index (κ3) is 2.20. The molecule has 2 heteroatoms. The monoisotopic (exact) mass is 136 g/mol. The van der Waals surface area contributed by atoms with Gasteiger partial charge in [0.05, 0.1) is 6.07 Å². The van der Waals surface area contributed by atoms with Crippen LogP contribution >= 0.6 is 0 Å². The molecular weight excluding hydrogens is 124 g/mol. The van der Waals surface area contributed by atoms with Crippen molar-refractivity contribution in [2.75, 3.05) is 13.1 Å². The maximum atomic E-state index is 8.24. The summed E-state index contributed by atoms with van der Waals surface area (Å²) in [5.74, 6) is 0.640. The summed E-state index contributed by atoms with van der Waals surface area (Å²) in [5.41, 5.74) is 0. The molecule has 0 aromatic rings. The Balaban J connectivity index is 2.27. The van der Waals surface area contributed by atoms with Crippen LogP contribution in [-0.2, 0) is 0 Å². The molecule has 0 aromatic carbocycles. The molecule has 1 aliphatic rings. The van der Waals surface area contributed by atoms with Gasteiger partial charge in [-0.3, -0.25) is 0 Å². The number of hydrogen-bond donors (Lipinski definition) is 1. The van der Waals surface area contributed by atoms with E-state index in [1.807, 2.05) is 12.1 Å². The first-order valence-corrected chi connectivity index (χ1v) is 3.70. The Morgan fingerprint density at radius 2 is 2.10 bits per heavy atom. The summed E-state index contributed by atoms with van der Waals surface area (Å²) < 4.78 is 0. The van der Waals surface area contributed by atoms with E-state index in [0.29, 0.717) is 5.92 Å². The first-order chi connectivity index (χ1) is 4.93. The maximum absolute atomic E-state index is 8.24. The van der Waals surface area contributed by atoms with Gasteiger partial charge in [0, 0.05) is 6.08 Å². The highest BCUT2D eigenvalue weighted by molar-refractivity contribution is 5.04. The van der Waals surface area contributed by atoms with E-state index in [9.17, 15) is 0 Å². The number of hydrogen-bond acceptors (Lipinski definition) is 2. The predicted octanol–water partition coefficient (Wildman–Crippen LogP) is 1.07. The molecule has 2 nitrogen and oxygen atoms in total. The summed E-state index contributed by atoms with van der Waals surface area (Å²) in [6.07, 6.45) is 5.97. The standard InChI is InChI=1S/C8H12N2/c9-5-1-2-8-3-6-10-7-4-8/h1-2,8,10H,3-4,6-7H2/b2-1+. The van der Waals surface area contributed by atoms with Crippen LogP contribution in [-0.4, -0.2) is 13.1 Å². The largest absolute Gasteiger partial charge is 0.317 e. The lowest BCUT2D eigenvalue weighted by Gasteiger charge is -2.18. The summed E-state index contributed by atoms with van der Waals surface area (Å²) in [4.78, 5) is 0. The summed E-state index contributed by atoms with van der Waals surface area (Å²) in [5, 5.41) is 11.5. The van der Waals surface area contributed by atoms with Crippen LogP contribution in [0.2, 0.25) is 0 Å². The summed E-state index contributed by atoms with van der Waals surface area (Å²) in [6.45, 7) is 2.20. The van der Waals surface area contributed by atoms with Crippen molar-refractivity contribution in [1.29, 1.82) is 5.26 Å². The molecular formula is C8H12N2. The second-order valence-electron chi connectivity index (χ2n) is 2.58. The van der Waals surface area contributed by atoms with Gasteiger partial charge in [-0.05, 0) is 31.8 Å². The Labute approximate surface area is 61.5 Å². The highest BCUT2D eigenvalue weighted by Gasteiger charge is 2.08. The molecule has 1 N–H and O–H groups in total. The molecule has 0 bridgehead atoms. The summed E-state index contributed by atoms with van der Waals surface area (Å²) in [6, 6.07) is 2.01. The van der Waals surface area contributed by atoms with Crippen molar-refractivity contribution in [2.45, 2.75) is 12.8 Å². The minimum Gasteiger partial charge on any atom is -0.317 e. The Morgan fingerprint density at radius 1 is 1.40 bits per heavy atom. The second-order valence-corrected chi connectivity index (χ2v) is 2.58. The fourth-order valence-corrected chi connectivity index (χ4v) is 1.22. The molecule has 0 saturated carbocycles. The topological polar surface area (TPSA) is 35.8 Å². The van der Waals surface area contributed by atoms with E-state index in [0.717, 1.165) is 13.1 Å². The smallest absolute Gasteiger partial charge is 0.0908 e. The Bertz CT molecular complexity index is 149. The Hall–Kier alpha value is -0.810. The molecule has 0 spiro atoms. The van der Waals surface area contributed by atoms with Crippen molar-refractivity contribution in [2.24, 2.45) is 5.92 Å². The number of nitrogens with zero attached hydrogens (tertiary/aromatic N) is 1. The van der Waals surface area contributed by atoms with Crippen LogP contribution in [0.25, 0.3) is 0 Å². The molecule has 1 rings (SSSR count). The van der Waals surface area contributed by atoms with Gasteiger partial charge in [0.25, 0.3) is 0 Å². The minimum absolute atomic E-state index is 0.640. The van der Waals surface area contributed by atoms with Crippen LogP contribution < -0.4 is 5.32 Å². The summed E-state index contributed by atoms with van der Waals surface area (Å²) >= 11 is 0. The van der Waals surface area contributed by atoms with E-state index in [4.69, 9.17) is 5.26 Å². The van der Waals surface area contributed by atoms with E-state index in [1.54, 1.807) is 6.08 Å². The van der Waals surface area contributed by atoms with Crippen molar-refractivity contribution in [1.82, 2.24) is 5.32 Å². The van der Waals surface area contributed by atoms with E-state index in [-0.39, 0.29) is 0 Å². The Kier molecular flexibility index (Phi) is 2.98. The molecule has 1 fully saturated rings. The molecule has 1 heterocycles. The second kappa shape index (κ2) is 4.08. The van der Waals surface area contributed by atoms with E-state index < -0.39 is 0 Å². The van der Waals surface area contributed by atoms with Crippen LogP contribution in [0, 0.1) is 17.2 Å². The molecule has 0 radical (unpaired) electrons. The lowest BCUT2D eigenvalue weighted by Crippen LogP contribution is -2.26. The number of allylic oxidation sites excluding steroid dienone is 2. The lowest BCUT2D eigenvalue weighted by molar-refractivity contribution is 0.437. The quantitative estimate of drug-likeness (QED) is 0.547. The number of nitriles is 1. The van der Waals surface area contributed by atoms with Crippen molar-refractivity contribution >= 4 is 0 Å². The van der Waals surface area contributed by atoms with Crippen molar-refractivity contribution in [3.63, 3.8) is 0 Å². The fourth-order valence-electron chi connectivity index (χ4n) is 1.22. The van der Waals surface area contributed by atoms with Gasteiger partial charge in [-0.1, -0.05) is 6.08 Å². The average Bonchev–Trinajstić information content (AvgIpc) is 2.03. The van der Waals surface area contributed by atoms with Gasteiger partial charge < -0.3 is 5.32 Å². The van der Waals surface area contributed by atoms with E-state index in [2.05, 4.69) is 5.32 Å². The van der Waals surface area contributed by atoms with Gasteiger partial charge in [-0.15, -0.1) is 0 Å². The van der Waals surface area contributed by atoms with Gasteiger partial charge in [0.2, 0.25) is 0 Å². The van der Waals surface area contributed by atoms with Crippen molar-refractivity contribution < 1.29 is 0 Å². The molecule has 10 heavy (non-hydrogen) atoms. The first kappa shape index (κ1) is 7.30. The third-order valence-corrected chi connectivity index (χ3v) is 1.83. The van der Waals surface area contributed by atoms with Gasteiger partial charge in [0.15, 0.2) is 0 Å². The van der Waals surface area contributed by atoms with Crippen LogP contribution in [0.15, 0.2) is 12.2 Å². The number of piperidine rings is 1. The molecule has 0 unspecified atom stereocenters. The van der Waals surface area contributed by atoms with Crippen LogP contribution in [0.4, 0.5) is 0 Å². The van der Waals surface area contributed by atoms with Crippen LogP contribution in [0.3, 0.4) is 0 Å². The molecule has 0 aromatic heterocycles. The molecule has 1 aliphatic heterocycles. The molecule has 0 aliphatic carbocycles. The highest BCUT2D eigenvalue weighted by atomic mass is 14.9. The van der Waals surface area contributed by atoms with Crippen LogP contribution in [0.1, 0.15) is 12.8 Å². The van der Waals surface area contributed by atoms with Gasteiger partial charge in [-0.2, -0.15) is 5.26 Å². The van der Waals surface area contributed by atoms with Crippen LogP contribution in [0.5, 0.6) is 0 Å². The maximum Gasteiger partial charge on any atom is 0.0908 e. The molecule has 0 atom stereocenters. The van der Waals surface area contributed by atoms with Crippen molar-refractivity contribution in [3.05, 3.63) is 12.2 Å². The lowest BCUT2D eigenvalue weighted by atomic mass is 9.98. The van der Waals surface area contributed by atoms with E-state index >= 15 is 0 Å².